The van der Waals surface area contributed by atoms with Gasteiger partial charge in [-0.15, -0.1) is 0 Å². The van der Waals surface area contributed by atoms with Gasteiger partial charge in [-0.3, -0.25) is 10.1 Å². The van der Waals surface area contributed by atoms with Crippen LogP contribution in [0.25, 0.3) is 0 Å². The molecular weight excluding hydrogens is 348 g/mol. The predicted molar refractivity (Wildman–Crippen MR) is 98.5 cm³/mol. The summed E-state index contributed by atoms with van der Waals surface area (Å²) in [6.07, 6.45) is 0.689. The molecule has 0 bridgehead atoms. The Hall–Kier alpha value is -3.19. The number of esters is 2. The third-order valence-electron chi connectivity index (χ3n) is 4.19. The Balaban J connectivity index is 1.52. The van der Waals surface area contributed by atoms with Crippen LogP contribution in [-0.4, -0.2) is 31.1 Å². The number of hydrogen-bond acceptors (Lipinski definition) is 6. The molecule has 0 saturated carbocycles. The van der Waals surface area contributed by atoms with Gasteiger partial charge >= 0.3 is 18.0 Å². The van der Waals surface area contributed by atoms with Gasteiger partial charge < -0.3 is 14.8 Å². The number of amides is 1. The molecule has 1 fully saturated rings. The molecule has 1 aliphatic rings. The molecule has 1 heterocycles. The van der Waals surface area contributed by atoms with Crippen molar-refractivity contribution in [1.82, 2.24) is 5.32 Å². The Bertz CT molecular complexity index is 799. The Morgan fingerprint density at radius 2 is 1.59 bits per heavy atom. The summed E-state index contributed by atoms with van der Waals surface area (Å²) in [5.41, 5.74) is 0.691. The average Bonchev–Trinajstić information content (AvgIpc) is 2.70. The van der Waals surface area contributed by atoms with Gasteiger partial charge in [-0.05, 0) is 62.3 Å². The Morgan fingerprint density at radius 1 is 0.926 bits per heavy atom. The summed E-state index contributed by atoms with van der Waals surface area (Å²) in [6, 6.07) is 14.7. The summed E-state index contributed by atoms with van der Waals surface area (Å²) in [5.74, 6) is -1.01. The number of para-hydroxylation sites is 1. The lowest BCUT2D eigenvalue weighted by molar-refractivity contribution is -0.143. The minimum Gasteiger partial charge on any atom is -0.410 e. The monoisotopic (exact) mass is 368 g/mol. The minimum atomic E-state index is -0.697. The fourth-order valence-corrected chi connectivity index (χ4v) is 2.72. The van der Waals surface area contributed by atoms with Gasteiger partial charge in [0, 0.05) is 5.69 Å². The van der Waals surface area contributed by atoms with E-state index in [2.05, 4.69) is 10.6 Å². The van der Waals surface area contributed by atoms with Gasteiger partial charge in [0.05, 0.1) is 11.5 Å². The van der Waals surface area contributed by atoms with E-state index in [1.54, 1.807) is 24.3 Å². The average molecular weight is 368 g/mol. The third-order valence-corrected chi connectivity index (χ3v) is 4.19. The van der Waals surface area contributed by atoms with Crippen molar-refractivity contribution >= 4 is 23.7 Å². The molecule has 1 saturated heterocycles. The molecule has 0 aromatic heterocycles. The molecule has 2 aromatic carbocycles. The zero-order chi connectivity index (χ0) is 19.1. The Labute approximate surface area is 156 Å². The molecular formula is C20H20N2O5. The van der Waals surface area contributed by atoms with Crippen molar-refractivity contribution in [3.05, 3.63) is 60.2 Å². The molecule has 3 rings (SSSR count). The van der Waals surface area contributed by atoms with E-state index >= 15 is 0 Å². The lowest BCUT2D eigenvalue weighted by atomic mass is 9.98. The van der Waals surface area contributed by atoms with Crippen LogP contribution in [0.3, 0.4) is 0 Å². The highest BCUT2D eigenvalue weighted by Crippen LogP contribution is 2.16. The second kappa shape index (κ2) is 8.95. The quantitative estimate of drug-likeness (QED) is 0.637. The van der Waals surface area contributed by atoms with Crippen LogP contribution in [0.2, 0.25) is 0 Å². The molecule has 7 heteroatoms. The van der Waals surface area contributed by atoms with Crippen LogP contribution < -0.4 is 15.4 Å². The SMILES string of the molecule is O=C(Nc1ccc(C(=O)OC(=O)C2CCNCC2)cc1)Oc1ccccc1. The number of carbonyl (C=O) groups is 3. The van der Waals surface area contributed by atoms with Crippen LogP contribution in [0.1, 0.15) is 23.2 Å². The van der Waals surface area contributed by atoms with Crippen molar-refractivity contribution < 1.29 is 23.9 Å². The maximum Gasteiger partial charge on any atom is 0.417 e. The van der Waals surface area contributed by atoms with Gasteiger partial charge in [0.15, 0.2) is 0 Å². The van der Waals surface area contributed by atoms with Crippen LogP contribution in [0, 0.1) is 5.92 Å². The fraction of sp³-hybridized carbons (Fsp3) is 0.250. The molecule has 7 nitrogen and oxygen atoms in total. The van der Waals surface area contributed by atoms with Gasteiger partial charge in [-0.25, -0.2) is 9.59 Å². The summed E-state index contributed by atoms with van der Waals surface area (Å²) in [7, 11) is 0. The second-order valence-corrected chi connectivity index (χ2v) is 6.14. The first-order valence-corrected chi connectivity index (χ1v) is 8.72. The smallest absolute Gasteiger partial charge is 0.410 e. The predicted octanol–water partition coefficient (Wildman–Crippen LogP) is 2.98. The number of benzene rings is 2. The molecule has 1 aliphatic heterocycles. The molecule has 0 atom stereocenters. The molecule has 0 aliphatic carbocycles. The van der Waals surface area contributed by atoms with Crippen molar-refractivity contribution in [2.75, 3.05) is 18.4 Å². The molecule has 27 heavy (non-hydrogen) atoms. The number of piperidine rings is 1. The lowest BCUT2D eigenvalue weighted by Crippen LogP contribution is -2.33. The molecule has 2 aromatic rings. The summed E-state index contributed by atoms with van der Waals surface area (Å²) < 4.78 is 10.1. The molecule has 0 spiro atoms. The van der Waals surface area contributed by atoms with Crippen LogP contribution >= 0.6 is 0 Å². The second-order valence-electron chi connectivity index (χ2n) is 6.14. The van der Waals surface area contributed by atoms with Crippen LogP contribution in [0.15, 0.2) is 54.6 Å². The Kier molecular flexibility index (Phi) is 6.17. The summed E-state index contributed by atoms with van der Waals surface area (Å²) >= 11 is 0. The fourth-order valence-electron chi connectivity index (χ4n) is 2.72. The van der Waals surface area contributed by atoms with E-state index in [4.69, 9.17) is 9.47 Å². The standard InChI is InChI=1S/C20H20N2O5/c23-18(27-19(24)15-10-12-21-13-11-15)14-6-8-16(9-7-14)22-20(25)26-17-4-2-1-3-5-17/h1-9,15,21H,10-13H2,(H,22,25). The maximum absolute atomic E-state index is 12.1. The molecule has 140 valence electrons. The van der Waals surface area contributed by atoms with E-state index in [9.17, 15) is 14.4 Å². The van der Waals surface area contributed by atoms with Crippen molar-refractivity contribution in [3.8, 4) is 5.75 Å². The van der Waals surface area contributed by atoms with E-state index < -0.39 is 18.0 Å². The third kappa shape index (κ3) is 5.39. The van der Waals surface area contributed by atoms with E-state index in [1.807, 2.05) is 6.07 Å². The largest absolute Gasteiger partial charge is 0.417 e. The minimum absolute atomic E-state index is 0.235. The summed E-state index contributed by atoms with van der Waals surface area (Å²) in [5, 5.41) is 5.72. The summed E-state index contributed by atoms with van der Waals surface area (Å²) in [4.78, 5) is 36.0. The zero-order valence-corrected chi connectivity index (χ0v) is 14.6. The van der Waals surface area contributed by atoms with Gasteiger partial charge in [0.2, 0.25) is 0 Å². The number of nitrogens with one attached hydrogen (secondary N) is 2. The molecule has 0 unspecified atom stereocenters. The highest BCUT2D eigenvalue weighted by molar-refractivity contribution is 5.98. The first kappa shape index (κ1) is 18.6. The molecule has 1 amide bonds. The van der Waals surface area contributed by atoms with Gasteiger partial charge in [-0.2, -0.15) is 0 Å². The number of rotatable bonds is 4. The number of ether oxygens (including phenoxy) is 2. The first-order valence-electron chi connectivity index (χ1n) is 8.72. The van der Waals surface area contributed by atoms with Gasteiger partial charge in [-0.1, -0.05) is 18.2 Å². The first-order chi connectivity index (χ1) is 13.1. The van der Waals surface area contributed by atoms with E-state index in [-0.39, 0.29) is 11.5 Å². The highest BCUT2D eigenvalue weighted by atomic mass is 16.6. The number of hydrogen-bond donors (Lipinski definition) is 2. The maximum atomic E-state index is 12.1. The van der Waals surface area contributed by atoms with E-state index in [1.165, 1.54) is 24.3 Å². The van der Waals surface area contributed by atoms with Gasteiger partial charge in [0.1, 0.15) is 5.75 Å². The highest BCUT2D eigenvalue weighted by Gasteiger charge is 2.25. The van der Waals surface area contributed by atoms with Crippen LogP contribution in [0.4, 0.5) is 10.5 Å². The van der Waals surface area contributed by atoms with E-state index in [0.29, 0.717) is 24.3 Å². The van der Waals surface area contributed by atoms with Crippen molar-refractivity contribution in [1.29, 1.82) is 0 Å². The van der Waals surface area contributed by atoms with Crippen LogP contribution in [-0.2, 0) is 9.53 Å². The molecule has 0 radical (unpaired) electrons. The normalized spacial score (nSPS) is 14.2. The molecule has 2 N–H and O–H groups in total. The zero-order valence-electron chi connectivity index (χ0n) is 14.6. The topological polar surface area (TPSA) is 93.7 Å². The lowest BCUT2D eigenvalue weighted by Gasteiger charge is -2.20. The summed E-state index contributed by atoms with van der Waals surface area (Å²) in [6.45, 7) is 1.49. The number of carbonyl (C=O) groups excluding carboxylic acids is 3. The van der Waals surface area contributed by atoms with Crippen LogP contribution in [0.5, 0.6) is 5.75 Å². The number of anilines is 1. The Morgan fingerprint density at radius 3 is 2.26 bits per heavy atom. The van der Waals surface area contributed by atoms with Gasteiger partial charge in [0.25, 0.3) is 0 Å². The van der Waals surface area contributed by atoms with Crippen molar-refractivity contribution in [3.63, 3.8) is 0 Å². The van der Waals surface area contributed by atoms with Crippen molar-refractivity contribution in [2.24, 2.45) is 5.92 Å². The van der Waals surface area contributed by atoms with Crippen molar-refractivity contribution in [2.45, 2.75) is 12.8 Å². The van der Waals surface area contributed by atoms with E-state index in [0.717, 1.165) is 13.1 Å².